The zero-order valence-corrected chi connectivity index (χ0v) is 9.49. The van der Waals surface area contributed by atoms with Gasteiger partial charge in [-0.15, -0.1) is 0 Å². The van der Waals surface area contributed by atoms with E-state index in [1.807, 2.05) is 6.92 Å². The van der Waals surface area contributed by atoms with Crippen LogP contribution < -0.4 is 5.32 Å². The molecule has 1 unspecified atom stereocenters. The van der Waals surface area contributed by atoms with Crippen molar-refractivity contribution in [2.45, 2.75) is 19.8 Å². The van der Waals surface area contributed by atoms with Gasteiger partial charge in [0.25, 0.3) is 0 Å². The Morgan fingerprint density at radius 2 is 2.44 bits per heavy atom. The van der Waals surface area contributed by atoms with Crippen LogP contribution in [0.1, 0.15) is 17.7 Å². The summed E-state index contributed by atoms with van der Waals surface area (Å²) in [5.41, 5.74) is 3.26. The second-order valence-corrected chi connectivity index (χ2v) is 4.62. The lowest BCUT2D eigenvalue weighted by Gasteiger charge is -2.07. The molecule has 0 amide bonds. The molecule has 1 aliphatic heterocycles. The summed E-state index contributed by atoms with van der Waals surface area (Å²) in [5, 5.41) is 8.60. The molecule has 84 valence electrons. The summed E-state index contributed by atoms with van der Waals surface area (Å²) in [4.78, 5) is 0. The van der Waals surface area contributed by atoms with Crippen molar-refractivity contribution in [3.63, 3.8) is 0 Å². The average Bonchev–Trinajstić information content (AvgIpc) is 2.90. The molecule has 3 rings (SSSR count). The highest BCUT2D eigenvalue weighted by atomic mass is 16.5. The van der Waals surface area contributed by atoms with E-state index in [0.29, 0.717) is 0 Å². The molecule has 2 aromatic rings. The number of hydrogen-bond acceptors (Lipinski definition) is 3. The Balaban J connectivity index is 1.96. The monoisotopic (exact) mass is 216 g/mol. The first-order valence-electron chi connectivity index (χ1n) is 5.89. The Hall–Kier alpha value is -1.35. The third-order valence-corrected chi connectivity index (χ3v) is 3.43. The molecule has 2 heterocycles. The zero-order valence-electron chi connectivity index (χ0n) is 9.49. The largest absolute Gasteiger partial charge is 0.356 e. The second kappa shape index (κ2) is 3.91. The van der Waals surface area contributed by atoms with Gasteiger partial charge < -0.3 is 9.84 Å². The summed E-state index contributed by atoms with van der Waals surface area (Å²) in [6.07, 6.45) is 2.36. The summed E-state index contributed by atoms with van der Waals surface area (Å²) in [6.45, 7) is 4.27. The fraction of sp³-hybridized carbons (Fsp3) is 0.462. The number of fused-ring (bicyclic) bond motifs is 1. The number of para-hydroxylation sites is 1. The van der Waals surface area contributed by atoms with Gasteiger partial charge in [0.15, 0.2) is 5.58 Å². The van der Waals surface area contributed by atoms with Gasteiger partial charge in [0.1, 0.15) is 0 Å². The van der Waals surface area contributed by atoms with Gasteiger partial charge in [-0.1, -0.05) is 17.3 Å². The maximum atomic E-state index is 5.42. The minimum atomic E-state index is 0.746. The molecule has 1 fully saturated rings. The van der Waals surface area contributed by atoms with Gasteiger partial charge in [-0.3, -0.25) is 0 Å². The minimum absolute atomic E-state index is 0.746. The highest BCUT2D eigenvalue weighted by Crippen LogP contribution is 2.25. The standard InChI is InChI=1S/C13H16N2O/c1-9-12-4-2-3-11(13(12)16-15-9)7-10-5-6-14-8-10/h2-4,10,14H,5-8H2,1H3. The van der Waals surface area contributed by atoms with Crippen LogP contribution in [-0.4, -0.2) is 18.2 Å². The van der Waals surface area contributed by atoms with Gasteiger partial charge in [-0.25, -0.2) is 0 Å². The highest BCUT2D eigenvalue weighted by Gasteiger charge is 2.17. The first kappa shape index (κ1) is 9.85. The Morgan fingerprint density at radius 1 is 1.50 bits per heavy atom. The van der Waals surface area contributed by atoms with Crippen LogP contribution >= 0.6 is 0 Å². The minimum Gasteiger partial charge on any atom is -0.356 e. The van der Waals surface area contributed by atoms with Crippen LogP contribution in [0.15, 0.2) is 22.7 Å². The fourth-order valence-electron chi connectivity index (χ4n) is 2.50. The molecule has 3 nitrogen and oxygen atoms in total. The number of benzene rings is 1. The molecule has 0 spiro atoms. The molecular weight excluding hydrogens is 200 g/mol. The van der Waals surface area contributed by atoms with Crippen molar-refractivity contribution >= 4 is 11.0 Å². The van der Waals surface area contributed by atoms with E-state index in [2.05, 4.69) is 28.7 Å². The maximum absolute atomic E-state index is 5.42. The van der Waals surface area contributed by atoms with Gasteiger partial charge in [-0.05, 0) is 50.4 Å². The summed E-state index contributed by atoms with van der Waals surface area (Å²) >= 11 is 0. The Kier molecular flexibility index (Phi) is 2.40. The van der Waals surface area contributed by atoms with E-state index in [-0.39, 0.29) is 0 Å². The van der Waals surface area contributed by atoms with Crippen molar-refractivity contribution in [2.75, 3.05) is 13.1 Å². The molecule has 1 aliphatic rings. The molecule has 1 N–H and O–H groups in total. The highest BCUT2D eigenvalue weighted by molar-refractivity contribution is 5.82. The predicted molar refractivity (Wildman–Crippen MR) is 63.4 cm³/mol. The number of aryl methyl sites for hydroxylation is 1. The number of nitrogens with zero attached hydrogens (tertiary/aromatic N) is 1. The van der Waals surface area contributed by atoms with E-state index in [4.69, 9.17) is 4.52 Å². The molecule has 16 heavy (non-hydrogen) atoms. The van der Waals surface area contributed by atoms with Crippen molar-refractivity contribution in [3.8, 4) is 0 Å². The molecule has 0 bridgehead atoms. The first-order chi connectivity index (χ1) is 7.84. The Morgan fingerprint density at radius 3 is 3.25 bits per heavy atom. The van der Waals surface area contributed by atoms with Crippen molar-refractivity contribution in [1.82, 2.24) is 10.5 Å². The van der Waals surface area contributed by atoms with E-state index in [1.54, 1.807) is 0 Å². The molecule has 0 aliphatic carbocycles. The zero-order chi connectivity index (χ0) is 11.0. The van der Waals surface area contributed by atoms with Gasteiger partial charge in [0.2, 0.25) is 0 Å². The van der Waals surface area contributed by atoms with E-state index >= 15 is 0 Å². The molecular formula is C13H16N2O. The molecule has 3 heteroatoms. The lowest BCUT2D eigenvalue weighted by atomic mass is 9.97. The number of hydrogen-bond donors (Lipinski definition) is 1. The van der Waals surface area contributed by atoms with Crippen molar-refractivity contribution in [1.29, 1.82) is 0 Å². The van der Waals surface area contributed by atoms with Crippen LogP contribution in [0.5, 0.6) is 0 Å². The smallest absolute Gasteiger partial charge is 0.170 e. The van der Waals surface area contributed by atoms with E-state index in [1.165, 1.54) is 12.0 Å². The van der Waals surface area contributed by atoms with Crippen LogP contribution in [0.25, 0.3) is 11.0 Å². The van der Waals surface area contributed by atoms with E-state index in [0.717, 1.165) is 42.1 Å². The number of aromatic nitrogens is 1. The number of rotatable bonds is 2. The maximum Gasteiger partial charge on any atom is 0.170 e. The average molecular weight is 216 g/mol. The van der Waals surface area contributed by atoms with Gasteiger partial charge >= 0.3 is 0 Å². The summed E-state index contributed by atoms with van der Waals surface area (Å²) in [7, 11) is 0. The molecule has 1 saturated heterocycles. The van der Waals surface area contributed by atoms with Crippen LogP contribution in [-0.2, 0) is 6.42 Å². The van der Waals surface area contributed by atoms with Crippen LogP contribution in [0.4, 0.5) is 0 Å². The fourth-order valence-corrected chi connectivity index (χ4v) is 2.50. The van der Waals surface area contributed by atoms with E-state index < -0.39 is 0 Å². The predicted octanol–water partition coefficient (Wildman–Crippen LogP) is 2.29. The summed E-state index contributed by atoms with van der Waals surface area (Å²) in [6, 6.07) is 6.34. The third kappa shape index (κ3) is 1.61. The number of nitrogens with one attached hydrogen (secondary N) is 1. The summed E-state index contributed by atoms with van der Waals surface area (Å²) in [5.74, 6) is 0.746. The van der Waals surface area contributed by atoms with Gasteiger partial charge in [0.05, 0.1) is 5.69 Å². The lowest BCUT2D eigenvalue weighted by molar-refractivity contribution is 0.445. The SMILES string of the molecule is Cc1noc2c(CC3CCNC3)cccc12. The molecule has 0 saturated carbocycles. The summed E-state index contributed by atoms with van der Waals surface area (Å²) < 4.78 is 5.42. The molecule has 0 radical (unpaired) electrons. The Bertz CT molecular complexity index is 498. The normalized spacial score (nSPS) is 20.7. The lowest BCUT2D eigenvalue weighted by Crippen LogP contribution is -2.10. The van der Waals surface area contributed by atoms with Crippen molar-refractivity contribution in [3.05, 3.63) is 29.5 Å². The molecule has 1 atom stereocenters. The van der Waals surface area contributed by atoms with Crippen molar-refractivity contribution < 1.29 is 4.52 Å². The molecule has 1 aromatic heterocycles. The topological polar surface area (TPSA) is 38.1 Å². The van der Waals surface area contributed by atoms with Crippen LogP contribution in [0.3, 0.4) is 0 Å². The third-order valence-electron chi connectivity index (χ3n) is 3.43. The second-order valence-electron chi connectivity index (χ2n) is 4.62. The first-order valence-corrected chi connectivity index (χ1v) is 5.89. The molecule has 1 aromatic carbocycles. The Labute approximate surface area is 94.8 Å². The quantitative estimate of drug-likeness (QED) is 0.837. The van der Waals surface area contributed by atoms with Crippen LogP contribution in [0.2, 0.25) is 0 Å². The van der Waals surface area contributed by atoms with Gasteiger partial charge in [-0.2, -0.15) is 0 Å². The van der Waals surface area contributed by atoms with Crippen LogP contribution in [0, 0.1) is 12.8 Å². The van der Waals surface area contributed by atoms with E-state index in [9.17, 15) is 0 Å². The van der Waals surface area contributed by atoms with Gasteiger partial charge in [0, 0.05) is 5.39 Å². The van der Waals surface area contributed by atoms with Crippen molar-refractivity contribution in [2.24, 2.45) is 5.92 Å².